The zero-order chi connectivity index (χ0) is 29.5. The second-order valence-corrected chi connectivity index (χ2v) is 12.4. The van der Waals surface area contributed by atoms with E-state index in [9.17, 15) is 14.7 Å². The van der Waals surface area contributed by atoms with Crippen LogP contribution < -0.4 is 10.1 Å². The van der Waals surface area contributed by atoms with Gasteiger partial charge >= 0.3 is 12.0 Å². The number of hydrogen-bond acceptors (Lipinski definition) is 6. The third kappa shape index (κ3) is 5.82. The minimum absolute atomic E-state index is 0.0299. The van der Waals surface area contributed by atoms with Crippen molar-refractivity contribution in [2.75, 3.05) is 5.32 Å². The first-order valence-corrected chi connectivity index (χ1v) is 15.1. The van der Waals surface area contributed by atoms with Gasteiger partial charge in [-0.3, -0.25) is 0 Å². The highest BCUT2D eigenvalue weighted by Crippen LogP contribution is 2.46. The van der Waals surface area contributed by atoms with Gasteiger partial charge in [-0.25, -0.2) is 9.59 Å². The second-order valence-electron chi connectivity index (χ2n) is 11.6. The number of aromatic nitrogens is 1. The molecular formula is C31H33Cl2N3O6. The van der Waals surface area contributed by atoms with E-state index in [-0.39, 0.29) is 35.9 Å². The number of rotatable bonds is 9. The van der Waals surface area contributed by atoms with Crippen LogP contribution in [-0.2, 0) is 11.3 Å². The maximum Gasteiger partial charge on any atom is 0.335 e. The van der Waals surface area contributed by atoms with Gasteiger partial charge in [-0.1, -0.05) is 34.4 Å². The van der Waals surface area contributed by atoms with E-state index in [2.05, 4.69) is 10.5 Å². The highest BCUT2D eigenvalue weighted by atomic mass is 35.5. The Kier molecular flexibility index (Phi) is 8.09. The summed E-state index contributed by atoms with van der Waals surface area (Å²) in [7, 11) is 0. The molecule has 9 nitrogen and oxygen atoms in total. The molecule has 2 aromatic carbocycles. The lowest BCUT2D eigenvalue weighted by Crippen LogP contribution is -2.50. The van der Waals surface area contributed by atoms with Crippen molar-refractivity contribution in [3.05, 3.63) is 63.3 Å². The number of carbonyl (C=O) groups is 2. The molecule has 1 aliphatic carbocycles. The first kappa shape index (κ1) is 28.8. The van der Waals surface area contributed by atoms with Crippen LogP contribution in [0.25, 0.3) is 11.3 Å². The molecule has 2 aliphatic heterocycles. The van der Waals surface area contributed by atoms with Gasteiger partial charge in [0.05, 0.1) is 40.1 Å². The SMILES string of the molecule is CC(C)Oc1cc(C(=O)O)ccc1NC(=O)N1C2CCC1CC(OCc1c(-c3c(Cl)cccc3Cl)noc1C1CC1)C2. The largest absolute Gasteiger partial charge is 0.489 e. The van der Waals surface area contributed by atoms with E-state index in [0.717, 1.165) is 37.0 Å². The van der Waals surface area contributed by atoms with Crippen LogP contribution in [0.1, 0.15) is 80.0 Å². The maximum absolute atomic E-state index is 13.5. The smallest absolute Gasteiger partial charge is 0.335 e. The Labute approximate surface area is 254 Å². The number of hydrogen-bond donors (Lipinski definition) is 2. The molecule has 0 spiro atoms. The summed E-state index contributed by atoms with van der Waals surface area (Å²) >= 11 is 13.0. The van der Waals surface area contributed by atoms with Crippen molar-refractivity contribution < 1.29 is 28.7 Å². The van der Waals surface area contributed by atoms with Crippen molar-refractivity contribution >= 4 is 40.9 Å². The quantitative estimate of drug-likeness (QED) is 0.253. The third-order valence-corrected chi connectivity index (χ3v) is 8.82. The number of amides is 2. The van der Waals surface area contributed by atoms with Gasteiger partial charge in [-0.2, -0.15) is 0 Å². The van der Waals surface area contributed by atoms with Crippen molar-refractivity contribution in [1.29, 1.82) is 0 Å². The van der Waals surface area contributed by atoms with Crippen LogP contribution in [0.15, 0.2) is 40.9 Å². The number of ether oxygens (including phenoxy) is 2. The molecule has 3 fully saturated rings. The normalized spacial score (nSPS) is 21.5. The van der Waals surface area contributed by atoms with Crippen LogP contribution in [0, 0.1) is 0 Å². The number of nitrogens with zero attached hydrogens (tertiary/aromatic N) is 2. The van der Waals surface area contributed by atoms with E-state index in [1.54, 1.807) is 24.3 Å². The molecule has 3 heterocycles. The van der Waals surface area contributed by atoms with Crippen molar-refractivity contribution in [3.63, 3.8) is 0 Å². The topological polar surface area (TPSA) is 114 Å². The molecule has 6 rings (SSSR count). The molecule has 2 amide bonds. The minimum atomic E-state index is -1.06. The number of nitrogens with one attached hydrogen (secondary N) is 1. The Morgan fingerprint density at radius 2 is 1.79 bits per heavy atom. The molecule has 1 aromatic heterocycles. The standard InChI is InChI=1S/C31H33Cl2N3O6/c1-16(2)41-26-12-18(30(37)38)8-11-25(26)34-31(39)36-19-9-10-20(36)14-21(13-19)40-15-22-28(35-42-29(22)17-6-7-17)27-23(32)4-3-5-24(27)33/h3-5,8,11-12,16-17,19-21H,6-7,9-10,13-15H2,1-2H3,(H,34,39)(H,37,38). The molecular weight excluding hydrogens is 581 g/mol. The van der Waals surface area contributed by atoms with Crippen LogP contribution in [0.3, 0.4) is 0 Å². The van der Waals surface area contributed by atoms with Gasteiger partial charge in [0.1, 0.15) is 17.2 Å². The zero-order valence-corrected chi connectivity index (χ0v) is 25.0. The highest BCUT2D eigenvalue weighted by molar-refractivity contribution is 6.39. The Morgan fingerprint density at radius 3 is 2.40 bits per heavy atom. The van der Waals surface area contributed by atoms with E-state index in [0.29, 0.717) is 58.1 Å². The summed E-state index contributed by atoms with van der Waals surface area (Å²) in [4.78, 5) is 26.9. The van der Waals surface area contributed by atoms with Gasteiger partial charge in [-0.05, 0) is 82.7 Å². The number of carbonyl (C=O) groups excluding carboxylic acids is 1. The maximum atomic E-state index is 13.5. The zero-order valence-electron chi connectivity index (χ0n) is 23.4. The monoisotopic (exact) mass is 613 g/mol. The van der Waals surface area contributed by atoms with Crippen LogP contribution in [0.4, 0.5) is 10.5 Å². The van der Waals surface area contributed by atoms with Gasteiger partial charge in [0.15, 0.2) is 0 Å². The van der Waals surface area contributed by atoms with Crippen molar-refractivity contribution in [3.8, 4) is 17.0 Å². The van der Waals surface area contributed by atoms with Crippen molar-refractivity contribution in [2.45, 2.75) is 89.2 Å². The number of anilines is 1. The van der Waals surface area contributed by atoms with Gasteiger partial charge < -0.3 is 29.3 Å². The minimum Gasteiger partial charge on any atom is -0.489 e. The number of carboxylic acids is 1. The fraction of sp³-hybridized carbons (Fsp3) is 0.452. The highest BCUT2D eigenvalue weighted by Gasteiger charge is 2.44. The van der Waals surface area contributed by atoms with Gasteiger partial charge in [0.2, 0.25) is 0 Å². The number of aromatic carboxylic acids is 1. The molecule has 2 unspecified atom stereocenters. The van der Waals surface area contributed by atoms with Crippen LogP contribution in [-0.4, -0.2) is 51.5 Å². The van der Waals surface area contributed by atoms with Gasteiger partial charge in [-0.15, -0.1) is 0 Å². The van der Waals surface area contributed by atoms with Crippen molar-refractivity contribution in [1.82, 2.24) is 10.1 Å². The van der Waals surface area contributed by atoms with Gasteiger partial charge in [0, 0.05) is 29.1 Å². The summed E-state index contributed by atoms with van der Waals surface area (Å²) in [6, 6.07) is 9.70. The summed E-state index contributed by atoms with van der Waals surface area (Å²) in [5.41, 5.74) is 2.71. The number of piperidine rings is 1. The molecule has 1 saturated carbocycles. The van der Waals surface area contributed by atoms with E-state index >= 15 is 0 Å². The Bertz CT molecular complexity index is 1470. The number of benzene rings is 2. The third-order valence-electron chi connectivity index (χ3n) is 8.19. The van der Waals surface area contributed by atoms with E-state index in [1.165, 1.54) is 12.1 Å². The number of urea groups is 1. The molecule has 3 aromatic rings. The Morgan fingerprint density at radius 1 is 1.10 bits per heavy atom. The average Bonchev–Trinajstić information content (AvgIpc) is 3.64. The molecule has 0 radical (unpaired) electrons. The summed E-state index contributed by atoms with van der Waals surface area (Å²) in [6.45, 7) is 4.03. The lowest BCUT2D eigenvalue weighted by Gasteiger charge is -2.38. The average molecular weight is 615 g/mol. The molecule has 2 bridgehead atoms. The summed E-state index contributed by atoms with van der Waals surface area (Å²) in [5.74, 6) is 0.452. The van der Waals surface area contributed by atoms with Crippen molar-refractivity contribution in [2.24, 2.45) is 0 Å². The fourth-order valence-corrected chi connectivity index (χ4v) is 6.71. The molecule has 2 atom stereocenters. The summed E-state index contributed by atoms with van der Waals surface area (Å²) in [6.07, 6.45) is 5.11. The Hall–Kier alpha value is -3.27. The molecule has 2 N–H and O–H groups in total. The molecule has 3 aliphatic rings. The first-order chi connectivity index (χ1) is 20.2. The predicted molar refractivity (Wildman–Crippen MR) is 159 cm³/mol. The fourth-order valence-electron chi connectivity index (χ4n) is 6.13. The van der Waals surface area contributed by atoms with Crippen LogP contribution >= 0.6 is 23.2 Å². The van der Waals surface area contributed by atoms with E-state index in [4.69, 9.17) is 37.2 Å². The lowest BCUT2D eigenvalue weighted by atomic mass is 9.99. The Balaban J connectivity index is 1.15. The number of fused-ring (bicyclic) bond motifs is 2. The van der Waals surface area contributed by atoms with Gasteiger partial charge in [0.25, 0.3) is 0 Å². The van der Waals surface area contributed by atoms with Crippen LogP contribution in [0.2, 0.25) is 10.0 Å². The molecule has 11 heteroatoms. The molecule has 222 valence electrons. The summed E-state index contributed by atoms with van der Waals surface area (Å²) < 4.78 is 18.1. The summed E-state index contributed by atoms with van der Waals surface area (Å²) in [5, 5.41) is 17.7. The van der Waals surface area contributed by atoms with E-state index in [1.807, 2.05) is 18.7 Å². The molecule has 42 heavy (non-hydrogen) atoms. The van der Waals surface area contributed by atoms with Crippen LogP contribution in [0.5, 0.6) is 5.75 Å². The molecule has 2 saturated heterocycles. The van der Waals surface area contributed by atoms with E-state index < -0.39 is 5.97 Å². The number of halogens is 2. The first-order valence-electron chi connectivity index (χ1n) is 14.4. The second kappa shape index (κ2) is 11.8. The lowest BCUT2D eigenvalue weighted by molar-refractivity contribution is -0.0158. The number of carboxylic acid groups (broad SMARTS) is 1. The predicted octanol–water partition coefficient (Wildman–Crippen LogP) is 7.76.